The normalized spacial score (nSPS) is 12.1. The van der Waals surface area contributed by atoms with Crippen molar-refractivity contribution >= 4 is 18.0 Å². The minimum absolute atomic E-state index is 0.0474. The van der Waals surface area contributed by atoms with Gasteiger partial charge in [-0.05, 0) is 51.7 Å². The summed E-state index contributed by atoms with van der Waals surface area (Å²) in [6.07, 6.45) is -0.220. The Hall–Kier alpha value is -2.91. The number of aryl methyl sites for hydroxylation is 1. The lowest BCUT2D eigenvalue weighted by atomic mass is 10.1. The molecular formula is C21H30F2N2O6. The molecule has 0 radical (unpaired) electrons. The maximum Gasteiger partial charge on any atom is 0.407 e. The first kappa shape index (κ1) is 26.1. The number of esters is 1. The SMILES string of the molecule is COC(=O)CCCc1cc(F)cc(OC[C@H](CCC(N)=O)NC(=O)OC(C)(C)C)c1F. The molecule has 0 saturated heterocycles. The van der Waals surface area contributed by atoms with Crippen LogP contribution in [0, 0.1) is 11.6 Å². The molecule has 0 fully saturated rings. The molecule has 0 aliphatic heterocycles. The molecule has 1 atom stereocenters. The first-order valence-corrected chi connectivity index (χ1v) is 9.86. The molecule has 0 saturated carbocycles. The van der Waals surface area contributed by atoms with Crippen LogP contribution in [0.3, 0.4) is 0 Å². The molecule has 10 heteroatoms. The van der Waals surface area contributed by atoms with Gasteiger partial charge in [-0.15, -0.1) is 0 Å². The molecule has 1 rings (SSSR count). The van der Waals surface area contributed by atoms with Crippen LogP contribution < -0.4 is 15.8 Å². The van der Waals surface area contributed by atoms with Gasteiger partial charge in [0.05, 0.1) is 13.2 Å². The molecular weight excluding hydrogens is 414 g/mol. The van der Waals surface area contributed by atoms with Crippen molar-refractivity contribution in [2.45, 2.75) is 64.5 Å². The number of rotatable bonds is 11. The highest BCUT2D eigenvalue weighted by molar-refractivity contribution is 5.74. The van der Waals surface area contributed by atoms with Crippen molar-refractivity contribution < 1.29 is 37.4 Å². The van der Waals surface area contributed by atoms with Crippen molar-refractivity contribution in [2.75, 3.05) is 13.7 Å². The van der Waals surface area contributed by atoms with Gasteiger partial charge < -0.3 is 25.3 Å². The molecule has 3 N–H and O–H groups in total. The Morgan fingerprint density at radius 2 is 1.84 bits per heavy atom. The highest BCUT2D eigenvalue weighted by atomic mass is 19.1. The molecule has 31 heavy (non-hydrogen) atoms. The number of hydrogen-bond donors (Lipinski definition) is 2. The van der Waals surface area contributed by atoms with Crippen molar-refractivity contribution in [2.24, 2.45) is 5.73 Å². The Labute approximate surface area is 180 Å². The number of carbonyl (C=O) groups is 3. The predicted molar refractivity (Wildman–Crippen MR) is 108 cm³/mol. The minimum Gasteiger partial charge on any atom is -0.488 e. The summed E-state index contributed by atoms with van der Waals surface area (Å²) < 4.78 is 43.8. The Morgan fingerprint density at radius 1 is 1.16 bits per heavy atom. The fourth-order valence-corrected chi connectivity index (χ4v) is 2.61. The highest BCUT2D eigenvalue weighted by Gasteiger charge is 2.21. The van der Waals surface area contributed by atoms with Crippen LogP contribution >= 0.6 is 0 Å². The molecule has 0 aliphatic carbocycles. The molecule has 8 nitrogen and oxygen atoms in total. The lowest BCUT2D eigenvalue weighted by Gasteiger charge is -2.24. The van der Waals surface area contributed by atoms with Crippen LogP contribution in [-0.4, -0.2) is 43.3 Å². The van der Waals surface area contributed by atoms with Gasteiger partial charge in [-0.25, -0.2) is 13.6 Å². The van der Waals surface area contributed by atoms with Crippen molar-refractivity contribution in [3.05, 3.63) is 29.3 Å². The number of methoxy groups -OCH3 is 1. The largest absolute Gasteiger partial charge is 0.488 e. The van der Waals surface area contributed by atoms with Gasteiger partial charge in [0, 0.05) is 18.9 Å². The quantitative estimate of drug-likeness (QED) is 0.507. The van der Waals surface area contributed by atoms with Crippen LogP contribution in [0.25, 0.3) is 0 Å². The predicted octanol–water partition coefficient (Wildman–Crippen LogP) is 3.00. The van der Waals surface area contributed by atoms with E-state index in [-0.39, 0.29) is 50.0 Å². The number of halogens is 2. The van der Waals surface area contributed by atoms with E-state index in [9.17, 15) is 23.2 Å². The second-order valence-corrected chi connectivity index (χ2v) is 7.97. The molecule has 2 amide bonds. The molecule has 0 aromatic heterocycles. The van der Waals surface area contributed by atoms with E-state index < -0.39 is 41.2 Å². The van der Waals surface area contributed by atoms with E-state index in [1.54, 1.807) is 20.8 Å². The third kappa shape index (κ3) is 10.6. The molecule has 1 aromatic carbocycles. The van der Waals surface area contributed by atoms with E-state index in [0.29, 0.717) is 0 Å². The van der Waals surface area contributed by atoms with Gasteiger partial charge in [0.25, 0.3) is 0 Å². The summed E-state index contributed by atoms with van der Waals surface area (Å²) >= 11 is 0. The number of primary amides is 1. The number of benzene rings is 1. The van der Waals surface area contributed by atoms with E-state index in [0.717, 1.165) is 12.1 Å². The van der Waals surface area contributed by atoms with Gasteiger partial charge in [0.15, 0.2) is 11.6 Å². The number of alkyl carbamates (subject to hydrolysis) is 1. The fraction of sp³-hybridized carbons (Fsp3) is 0.571. The lowest BCUT2D eigenvalue weighted by molar-refractivity contribution is -0.140. The van der Waals surface area contributed by atoms with Gasteiger partial charge in [-0.1, -0.05) is 0 Å². The van der Waals surface area contributed by atoms with Crippen molar-refractivity contribution in [1.82, 2.24) is 5.32 Å². The van der Waals surface area contributed by atoms with Crippen LogP contribution in [0.4, 0.5) is 13.6 Å². The fourth-order valence-electron chi connectivity index (χ4n) is 2.61. The number of nitrogens with one attached hydrogen (secondary N) is 1. The highest BCUT2D eigenvalue weighted by Crippen LogP contribution is 2.24. The van der Waals surface area contributed by atoms with E-state index in [1.165, 1.54) is 7.11 Å². The molecule has 1 aromatic rings. The summed E-state index contributed by atoms with van der Waals surface area (Å²) in [4.78, 5) is 34.3. The summed E-state index contributed by atoms with van der Waals surface area (Å²) in [5.41, 5.74) is 4.46. The van der Waals surface area contributed by atoms with Gasteiger partial charge in [0.1, 0.15) is 18.0 Å². The van der Waals surface area contributed by atoms with Crippen LogP contribution in [0.2, 0.25) is 0 Å². The maximum absolute atomic E-state index is 14.7. The zero-order valence-corrected chi connectivity index (χ0v) is 18.3. The number of nitrogens with two attached hydrogens (primary N) is 1. The Kier molecular flexibility index (Phi) is 10.2. The summed E-state index contributed by atoms with van der Waals surface area (Å²) in [6.45, 7) is 4.82. The lowest BCUT2D eigenvalue weighted by Crippen LogP contribution is -2.42. The monoisotopic (exact) mass is 444 g/mol. The Morgan fingerprint density at radius 3 is 2.42 bits per heavy atom. The second kappa shape index (κ2) is 12.1. The van der Waals surface area contributed by atoms with E-state index in [1.807, 2.05) is 0 Å². The zero-order valence-electron chi connectivity index (χ0n) is 18.3. The number of carbonyl (C=O) groups excluding carboxylic acids is 3. The Bertz CT molecular complexity index is 780. The topological polar surface area (TPSA) is 117 Å². The van der Waals surface area contributed by atoms with Gasteiger partial charge in [-0.2, -0.15) is 0 Å². The molecule has 0 bridgehead atoms. The summed E-state index contributed by atoms with van der Waals surface area (Å²) in [7, 11) is 1.25. The van der Waals surface area contributed by atoms with Gasteiger partial charge >= 0.3 is 12.1 Å². The smallest absolute Gasteiger partial charge is 0.407 e. The molecule has 174 valence electrons. The minimum atomic E-state index is -0.766. The summed E-state index contributed by atoms with van der Waals surface area (Å²) in [5, 5.41) is 2.54. The van der Waals surface area contributed by atoms with Gasteiger partial charge in [0.2, 0.25) is 5.91 Å². The molecule has 0 unspecified atom stereocenters. The van der Waals surface area contributed by atoms with E-state index in [2.05, 4.69) is 10.1 Å². The second-order valence-electron chi connectivity index (χ2n) is 7.97. The number of ether oxygens (including phenoxy) is 3. The Balaban J connectivity index is 2.84. The van der Waals surface area contributed by atoms with Crippen molar-refractivity contribution in [1.29, 1.82) is 0 Å². The number of hydrogen-bond acceptors (Lipinski definition) is 6. The first-order chi connectivity index (χ1) is 14.4. The zero-order chi connectivity index (χ0) is 23.6. The van der Waals surface area contributed by atoms with Crippen molar-refractivity contribution in [3.63, 3.8) is 0 Å². The van der Waals surface area contributed by atoms with Gasteiger partial charge in [-0.3, -0.25) is 9.59 Å². The third-order valence-electron chi connectivity index (χ3n) is 4.03. The van der Waals surface area contributed by atoms with Crippen molar-refractivity contribution in [3.8, 4) is 5.75 Å². The maximum atomic E-state index is 14.7. The standard InChI is InChI=1S/C21H30F2N2O6/c1-21(2,3)31-20(28)25-15(8-9-17(24)26)12-30-16-11-14(22)10-13(19(16)23)6-5-7-18(27)29-4/h10-11,15H,5-9,12H2,1-4H3,(H2,24,26)(H,25,28)/t15-/m0/s1. The van der Waals surface area contributed by atoms with E-state index in [4.69, 9.17) is 15.2 Å². The van der Waals surface area contributed by atoms with Crippen LogP contribution in [-0.2, 0) is 25.5 Å². The molecule has 0 heterocycles. The molecule has 0 spiro atoms. The number of amides is 2. The summed E-state index contributed by atoms with van der Waals surface area (Å²) in [5.74, 6) is -2.85. The average molecular weight is 444 g/mol. The molecule has 0 aliphatic rings. The van der Waals surface area contributed by atoms with Crippen LogP contribution in [0.5, 0.6) is 5.75 Å². The average Bonchev–Trinajstić information content (AvgIpc) is 2.65. The van der Waals surface area contributed by atoms with Crippen LogP contribution in [0.15, 0.2) is 12.1 Å². The first-order valence-electron chi connectivity index (χ1n) is 9.86. The van der Waals surface area contributed by atoms with E-state index >= 15 is 0 Å². The summed E-state index contributed by atoms with van der Waals surface area (Å²) in [6, 6.07) is 1.19. The third-order valence-corrected chi connectivity index (χ3v) is 4.03. The van der Waals surface area contributed by atoms with Crippen LogP contribution in [0.1, 0.15) is 52.0 Å².